The van der Waals surface area contributed by atoms with Gasteiger partial charge in [0.15, 0.2) is 6.29 Å². The molecule has 0 amide bonds. The van der Waals surface area contributed by atoms with Gasteiger partial charge in [0, 0.05) is 6.54 Å². The molecule has 1 aromatic rings. The highest BCUT2D eigenvalue weighted by molar-refractivity contribution is 7.89. The molecule has 118 valence electrons. The lowest BCUT2D eigenvalue weighted by Crippen LogP contribution is -2.50. The monoisotopic (exact) mass is 322 g/mol. The predicted octanol–water partition coefficient (Wildman–Crippen LogP) is 1.47. The second-order valence-corrected chi connectivity index (χ2v) is 7.32. The zero-order chi connectivity index (χ0) is 15.6. The molecular weight excluding hydrogens is 304 g/mol. The van der Waals surface area contributed by atoms with E-state index in [4.69, 9.17) is 14.7 Å². The summed E-state index contributed by atoms with van der Waals surface area (Å²) in [5.41, 5.74) is 0.441. The second-order valence-electron chi connectivity index (χ2n) is 5.43. The summed E-state index contributed by atoms with van der Waals surface area (Å²) in [6.07, 6.45) is 2.06. The second kappa shape index (κ2) is 6.34. The van der Waals surface area contributed by atoms with Crippen LogP contribution in [0.25, 0.3) is 0 Å². The number of piperidine rings is 1. The van der Waals surface area contributed by atoms with E-state index in [0.717, 1.165) is 19.3 Å². The van der Waals surface area contributed by atoms with Crippen molar-refractivity contribution in [2.45, 2.75) is 36.5 Å². The maximum atomic E-state index is 12.9. The fourth-order valence-electron chi connectivity index (χ4n) is 2.94. The summed E-state index contributed by atoms with van der Waals surface area (Å²) in [6, 6.07) is 7.72. The third-order valence-electron chi connectivity index (χ3n) is 4.05. The third kappa shape index (κ3) is 2.88. The van der Waals surface area contributed by atoms with Crippen LogP contribution in [-0.2, 0) is 19.5 Å². The standard InChI is InChI=1S/C15H18N2O4S/c16-11-12-4-6-13(7-5-12)22(18,19)17-8-2-1-3-14(17)15-20-9-10-21-15/h4-7,14-15H,1-3,8-10H2. The van der Waals surface area contributed by atoms with Crippen molar-refractivity contribution in [1.82, 2.24) is 4.31 Å². The van der Waals surface area contributed by atoms with E-state index in [1.54, 1.807) is 0 Å². The number of benzene rings is 1. The van der Waals surface area contributed by atoms with Gasteiger partial charge in [0.25, 0.3) is 0 Å². The summed E-state index contributed by atoms with van der Waals surface area (Å²) in [6.45, 7) is 1.48. The Balaban J connectivity index is 1.89. The first-order chi connectivity index (χ1) is 10.6. The molecule has 2 aliphatic heterocycles. The van der Waals surface area contributed by atoms with Gasteiger partial charge in [0.2, 0.25) is 10.0 Å². The van der Waals surface area contributed by atoms with Crippen LogP contribution in [0, 0.1) is 11.3 Å². The van der Waals surface area contributed by atoms with Gasteiger partial charge in [-0.15, -0.1) is 0 Å². The van der Waals surface area contributed by atoms with Gasteiger partial charge in [0.1, 0.15) is 0 Å². The highest BCUT2D eigenvalue weighted by Crippen LogP contribution is 2.29. The number of sulfonamides is 1. The van der Waals surface area contributed by atoms with Crippen molar-refractivity contribution in [3.8, 4) is 6.07 Å². The van der Waals surface area contributed by atoms with Gasteiger partial charge >= 0.3 is 0 Å². The molecule has 1 unspecified atom stereocenters. The van der Waals surface area contributed by atoms with Crippen molar-refractivity contribution in [3.05, 3.63) is 29.8 Å². The average Bonchev–Trinajstić information content (AvgIpc) is 3.09. The van der Waals surface area contributed by atoms with Gasteiger partial charge in [-0.25, -0.2) is 8.42 Å². The summed E-state index contributed by atoms with van der Waals surface area (Å²) >= 11 is 0. The molecule has 22 heavy (non-hydrogen) atoms. The van der Waals surface area contributed by atoms with Crippen molar-refractivity contribution in [2.75, 3.05) is 19.8 Å². The summed E-state index contributed by atoms with van der Waals surface area (Å²) in [7, 11) is -3.61. The van der Waals surface area contributed by atoms with E-state index < -0.39 is 16.3 Å². The molecule has 1 aromatic carbocycles. The smallest absolute Gasteiger partial charge is 0.243 e. The lowest BCUT2D eigenvalue weighted by molar-refractivity contribution is -0.0913. The van der Waals surface area contributed by atoms with Crippen LogP contribution in [0.4, 0.5) is 0 Å². The van der Waals surface area contributed by atoms with Crippen LogP contribution in [0.2, 0.25) is 0 Å². The third-order valence-corrected chi connectivity index (χ3v) is 5.99. The normalized spacial score (nSPS) is 24.2. The van der Waals surface area contributed by atoms with Crippen LogP contribution < -0.4 is 0 Å². The van der Waals surface area contributed by atoms with Crippen molar-refractivity contribution >= 4 is 10.0 Å². The van der Waals surface area contributed by atoms with Crippen LogP contribution in [0.1, 0.15) is 24.8 Å². The zero-order valence-corrected chi connectivity index (χ0v) is 13.0. The highest BCUT2D eigenvalue weighted by atomic mass is 32.2. The lowest BCUT2D eigenvalue weighted by Gasteiger charge is -2.36. The van der Waals surface area contributed by atoms with E-state index in [-0.39, 0.29) is 10.9 Å². The van der Waals surface area contributed by atoms with Gasteiger partial charge < -0.3 is 9.47 Å². The zero-order valence-electron chi connectivity index (χ0n) is 12.1. The molecule has 0 N–H and O–H groups in total. The summed E-state index contributed by atoms with van der Waals surface area (Å²) in [4.78, 5) is 0.205. The van der Waals surface area contributed by atoms with Gasteiger partial charge in [-0.05, 0) is 37.1 Å². The van der Waals surface area contributed by atoms with Crippen LogP contribution in [-0.4, -0.2) is 44.8 Å². The Hall–Kier alpha value is -1.46. The van der Waals surface area contributed by atoms with Crippen LogP contribution in [0.15, 0.2) is 29.2 Å². The Morgan fingerprint density at radius 1 is 1.14 bits per heavy atom. The van der Waals surface area contributed by atoms with Gasteiger partial charge in [0.05, 0.1) is 35.8 Å². The lowest BCUT2D eigenvalue weighted by atomic mass is 10.0. The average molecular weight is 322 g/mol. The molecule has 2 heterocycles. The molecular formula is C15H18N2O4S. The molecule has 3 rings (SSSR count). The van der Waals surface area contributed by atoms with Gasteiger partial charge in [-0.2, -0.15) is 9.57 Å². The Kier molecular flexibility index (Phi) is 4.45. The SMILES string of the molecule is N#Cc1ccc(S(=O)(=O)N2CCCCC2C2OCCO2)cc1. The number of rotatable bonds is 3. The summed E-state index contributed by atoms with van der Waals surface area (Å²) in [5, 5.41) is 8.82. The number of hydrogen-bond donors (Lipinski definition) is 0. The molecule has 0 saturated carbocycles. The molecule has 2 aliphatic rings. The minimum atomic E-state index is -3.61. The topological polar surface area (TPSA) is 79.6 Å². The first-order valence-corrected chi connectivity index (χ1v) is 8.82. The fourth-order valence-corrected chi connectivity index (χ4v) is 4.62. The fraction of sp³-hybridized carbons (Fsp3) is 0.533. The number of nitrogens with zero attached hydrogens (tertiary/aromatic N) is 2. The molecule has 2 saturated heterocycles. The molecule has 6 nitrogen and oxygen atoms in total. The molecule has 0 radical (unpaired) electrons. The van der Waals surface area contributed by atoms with Crippen molar-refractivity contribution < 1.29 is 17.9 Å². The number of hydrogen-bond acceptors (Lipinski definition) is 5. The van der Waals surface area contributed by atoms with Crippen molar-refractivity contribution in [2.24, 2.45) is 0 Å². The maximum Gasteiger partial charge on any atom is 0.243 e. The Morgan fingerprint density at radius 3 is 2.45 bits per heavy atom. The molecule has 0 bridgehead atoms. The molecule has 0 aliphatic carbocycles. The van der Waals surface area contributed by atoms with E-state index in [0.29, 0.717) is 25.3 Å². The van der Waals surface area contributed by atoms with Crippen LogP contribution >= 0.6 is 0 Å². The van der Waals surface area contributed by atoms with E-state index in [2.05, 4.69) is 0 Å². The Bertz CT molecular complexity index is 660. The molecule has 7 heteroatoms. The first-order valence-electron chi connectivity index (χ1n) is 7.38. The number of nitriles is 1. The van der Waals surface area contributed by atoms with Crippen LogP contribution in [0.5, 0.6) is 0 Å². The molecule has 0 aromatic heterocycles. The highest BCUT2D eigenvalue weighted by Gasteiger charge is 2.40. The van der Waals surface area contributed by atoms with E-state index in [1.165, 1.54) is 28.6 Å². The Labute approximate surface area is 130 Å². The minimum absolute atomic E-state index is 0.205. The molecule has 0 spiro atoms. The summed E-state index contributed by atoms with van der Waals surface area (Å²) in [5.74, 6) is 0. The van der Waals surface area contributed by atoms with E-state index in [1.807, 2.05) is 6.07 Å². The van der Waals surface area contributed by atoms with Crippen molar-refractivity contribution in [1.29, 1.82) is 5.26 Å². The van der Waals surface area contributed by atoms with E-state index in [9.17, 15) is 8.42 Å². The maximum absolute atomic E-state index is 12.9. The quantitative estimate of drug-likeness (QED) is 0.842. The van der Waals surface area contributed by atoms with E-state index >= 15 is 0 Å². The molecule has 1 atom stereocenters. The first kappa shape index (κ1) is 15.4. The van der Waals surface area contributed by atoms with Gasteiger partial charge in [-0.3, -0.25) is 0 Å². The van der Waals surface area contributed by atoms with Crippen molar-refractivity contribution in [3.63, 3.8) is 0 Å². The Morgan fingerprint density at radius 2 is 1.82 bits per heavy atom. The predicted molar refractivity (Wildman–Crippen MR) is 78.4 cm³/mol. The molecule has 2 fully saturated rings. The van der Waals surface area contributed by atoms with Gasteiger partial charge in [-0.1, -0.05) is 6.42 Å². The summed E-state index contributed by atoms with van der Waals surface area (Å²) < 4.78 is 38.3. The minimum Gasteiger partial charge on any atom is -0.349 e. The van der Waals surface area contributed by atoms with Crippen LogP contribution in [0.3, 0.4) is 0 Å². The number of ether oxygens (including phenoxy) is 2. The largest absolute Gasteiger partial charge is 0.349 e.